The van der Waals surface area contributed by atoms with E-state index in [0.29, 0.717) is 0 Å². The summed E-state index contributed by atoms with van der Waals surface area (Å²) in [6, 6.07) is 8.32. The number of unbranched alkanes of at least 4 members (excludes halogenated alkanes) is 1. The Labute approximate surface area is 152 Å². The third-order valence-electron chi connectivity index (χ3n) is 4.87. The molecule has 0 unspecified atom stereocenters. The van der Waals surface area contributed by atoms with Crippen LogP contribution in [0.5, 0.6) is 5.75 Å². The van der Waals surface area contributed by atoms with E-state index in [1.807, 2.05) is 12.1 Å². The number of carbonyl (C=O) groups is 1. The van der Waals surface area contributed by atoms with E-state index in [2.05, 4.69) is 50.0 Å². The molecule has 1 aliphatic rings. The summed E-state index contributed by atoms with van der Waals surface area (Å²) in [5, 5.41) is 3.11. The molecule has 4 heteroatoms. The van der Waals surface area contributed by atoms with Crippen molar-refractivity contribution in [3.8, 4) is 5.75 Å². The largest absolute Gasteiger partial charge is 0.484 e. The van der Waals surface area contributed by atoms with Gasteiger partial charge in [-0.05, 0) is 48.9 Å². The molecule has 1 N–H and O–H groups in total. The second kappa shape index (κ2) is 9.23. The lowest BCUT2D eigenvalue weighted by molar-refractivity contribution is -0.124. The van der Waals surface area contributed by atoms with Crippen molar-refractivity contribution in [2.24, 2.45) is 0 Å². The van der Waals surface area contributed by atoms with Crippen LogP contribution in [0.25, 0.3) is 0 Å². The van der Waals surface area contributed by atoms with Crippen molar-refractivity contribution in [1.82, 2.24) is 10.2 Å². The fraction of sp³-hybridized carbons (Fsp3) is 0.667. The van der Waals surface area contributed by atoms with Crippen LogP contribution in [0.3, 0.4) is 0 Å². The quantitative estimate of drug-likeness (QED) is 0.818. The Morgan fingerprint density at radius 1 is 1.20 bits per heavy atom. The number of nitrogens with one attached hydrogen (secondary N) is 1. The summed E-state index contributed by atoms with van der Waals surface area (Å²) in [6.45, 7) is 12.2. The van der Waals surface area contributed by atoms with Crippen LogP contribution in [-0.2, 0) is 10.2 Å². The van der Waals surface area contributed by atoms with Crippen molar-refractivity contribution in [2.45, 2.75) is 64.8 Å². The fourth-order valence-corrected chi connectivity index (χ4v) is 3.15. The van der Waals surface area contributed by atoms with Crippen molar-refractivity contribution in [1.29, 1.82) is 0 Å². The average Bonchev–Trinajstić information content (AvgIpc) is 2.59. The summed E-state index contributed by atoms with van der Waals surface area (Å²) in [5.74, 6) is 0.726. The van der Waals surface area contributed by atoms with Gasteiger partial charge in [-0.25, -0.2) is 0 Å². The van der Waals surface area contributed by atoms with Crippen LogP contribution in [0.1, 0.15) is 58.9 Å². The molecule has 0 saturated carbocycles. The van der Waals surface area contributed by atoms with Crippen LogP contribution >= 0.6 is 0 Å². The second-order valence-electron chi connectivity index (χ2n) is 8.10. The molecule has 0 aliphatic carbocycles. The smallest absolute Gasteiger partial charge is 0.258 e. The molecule has 0 bridgehead atoms. The number of carbonyl (C=O) groups excluding carboxylic acids is 1. The minimum atomic E-state index is -0.0214. The Kier molecular flexibility index (Phi) is 7.30. The lowest BCUT2D eigenvalue weighted by Gasteiger charge is -2.32. The lowest BCUT2D eigenvalue weighted by atomic mass is 9.87. The van der Waals surface area contributed by atoms with Crippen LogP contribution in [0, 0.1) is 0 Å². The number of hydrogen-bond acceptors (Lipinski definition) is 3. The highest BCUT2D eigenvalue weighted by Gasteiger charge is 2.20. The highest BCUT2D eigenvalue weighted by atomic mass is 16.5. The Hall–Kier alpha value is -1.55. The van der Waals surface area contributed by atoms with E-state index in [1.54, 1.807) is 0 Å². The molecule has 1 amide bonds. The van der Waals surface area contributed by atoms with Crippen molar-refractivity contribution >= 4 is 5.91 Å². The number of hydrogen-bond donors (Lipinski definition) is 1. The van der Waals surface area contributed by atoms with Crippen molar-refractivity contribution in [3.05, 3.63) is 29.8 Å². The first kappa shape index (κ1) is 19.8. The first-order chi connectivity index (χ1) is 11.9. The highest BCUT2D eigenvalue weighted by molar-refractivity contribution is 5.77. The standard InChI is InChI=1S/C21H34N2O2/c1-5-6-13-23-14-11-18(12-15-23)22-20(24)16-25-19-9-7-17(8-10-19)21(2,3)4/h7-10,18H,5-6,11-16H2,1-4H3,(H,22,24). The number of ether oxygens (including phenoxy) is 1. The third kappa shape index (κ3) is 6.69. The Morgan fingerprint density at radius 3 is 2.40 bits per heavy atom. The monoisotopic (exact) mass is 346 g/mol. The van der Waals surface area contributed by atoms with Crippen LogP contribution in [0.4, 0.5) is 0 Å². The fourth-order valence-electron chi connectivity index (χ4n) is 3.15. The molecule has 1 fully saturated rings. The van der Waals surface area contributed by atoms with Gasteiger partial charge in [0.1, 0.15) is 5.75 Å². The number of amides is 1. The van der Waals surface area contributed by atoms with Crippen molar-refractivity contribution in [2.75, 3.05) is 26.2 Å². The number of benzene rings is 1. The summed E-state index contributed by atoms with van der Waals surface area (Å²) in [5.41, 5.74) is 1.39. The topological polar surface area (TPSA) is 41.6 Å². The maximum absolute atomic E-state index is 12.1. The zero-order chi connectivity index (χ0) is 18.3. The van der Waals surface area contributed by atoms with Gasteiger partial charge < -0.3 is 15.0 Å². The Balaban J connectivity index is 1.69. The minimum absolute atomic E-state index is 0.0214. The second-order valence-corrected chi connectivity index (χ2v) is 8.10. The van der Waals surface area contributed by atoms with Gasteiger partial charge in [-0.3, -0.25) is 4.79 Å². The molecule has 1 heterocycles. The molecular formula is C21H34N2O2. The summed E-state index contributed by atoms with van der Waals surface area (Å²) in [7, 11) is 0. The zero-order valence-corrected chi connectivity index (χ0v) is 16.3. The molecule has 0 aromatic heterocycles. The maximum Gasteiger partial charge on any atom is 0.258 e. The Bertz CT molecular complexity index is 526. The average molecular weight is 347 g/mol. The molecular weight excluding hydrogens is 312 g/mol. The van der Waals surface area contributed by atoms with Gasteiger partial charge in [0.15, 0.2) is 6.61 Å². The van der Waals surface area contributed by atoms with Crippen molar-refractivity contribution in [3.63, 3.8) is 0 Å². The molecule has 1 saturated heterocycles. The van der Waals surface area contributed by atoms with E-state index >= 15 is 0 Å². The molecule has 0 spiro atoms. The SMILES string of the molecule is CCCCN1CCC(NC(=O)COc2ccc(C(C)(C)C)cc2)CC1. The molecule has 4 nitrogen and oxygen atoms in total. The van der Waals surface area contributed by atoms with Gasteiger partial charge in [0, 0.05) is 19.1 Å². The molecule has 1 aromatic rings. The molecule has 0 radical (unpaired) electrons. The van der Waals surface area contributed by atoms with Gasteiger partial charge >= 0.3 is 0 Å². The van der Waals surface area contributed by atoms with Crippen molar-refractivity contribution < 1.29 is 9.53 Å². The number of piperidine rings is 1. The van der Waals surface area contributed by atoms with Crippen LogP contribution in [-0.4, -0.2) is 43.1 Å². The zero-order valence-electron chi connectivity index (χ0n) is 16.3. The van der Waals surface area contributed by atoms with Crippen LogP contribution < -0.4 is 10.1 Å². The minimum Gasteiger partial charge on any atom is -0.484 e. The van der Waals surface area contributed by atoms with Gasteiger partial charge in [-0.15, -0.1) is 0 Å². The molecule has 0 atom stereocenters. The predicted octanol–water partition coefficient (Wildman–Crippen LogP) is 3.74. The molecule has 140 valence electrons. The van der Waals surface area contributed by atoms with Crippen LogP contribution in [0.2, 0.25) is 0 Å². The lowest BCUT2D eigenvalue weighted by Crippen LogP contribution is -2.46. The van der Waals surface area contributed by atoms with E-state index in [-0.39, 0.29) is 24.0 Å². The molecule has 2 rings (SSSR count). The maximum atomic E-state index is 12.1. The van der Waals surface area contributed by atoms with E-state index in [4.69, 9.17) is 4.74 Å². The van der Waals surface area contributed by atoms with Crippen LogP contribution in [0.15, 0.2) is 24.3 Å². The first-order valence-electron chi connectivity index (χ1n) is 9.63. The van der Waals surface area contributed by atoms with E-state index in [1.165, 1.54) is 24.9 Å². The summed E-state index contributed by atoms with van der Waals surface area (Å²) in [4.78, 5) is 14.6. The van der Waals surface area contributed by atoms with Gasteiger partial charge in [-0.2, -0.15) is 0 Å². The van der Waals surface area contributed by atoms with Gasteiger partial charge in [0.2, 0.25) is 0 Å². The molecule has 1 aliphatic heterocycles. The molecule has 25 heavy (non-hydrogen) atoms. The summed E-state index contributed by atoms with van der Waals surface area (Å²) >= 11 is 0. The normalized spacial score (nSPS) is 16.6. The summed E-state index contributed by atoms with van der Waals surface area (Å²) in [6.07, 6.45) is 4.58. The number of nitrogens with zero attached hydrogens (tertiary/aromatic N) is 1. The highest BCUT2D eigenvalue weighted by Crippen LogP contribution is 2.24. The Morgan fingerprint density at radius 2 is 1.84 bits per heavy atom. The van der Waals surface area contributed by atoms with Gasteiger partial charge in [0.25, 0.3) is 5.91 Å². The molecule has 1 aromatic carbocycles. The van der Waals surface area contributed by atoms with E-state index < -0.39 is 0 Å². The van der Waals surface area contributed by atoms with Gasteiger partial charge in [-0.1, -0.05) is 46.2 Å². The third-order valence-corrected chi connectivity index (χ3v) is 4.87. The number of likely N-dealkylation sites (tertiary alicyclic amines) is 1. The number of rotatable bonds is 7. The van der Waals surface area contributed by atoms with E-state index in [0.717, 1.165) is 31.7 Å². The van der Waals surface area contributed by atoms with E-state index in [9.17, 15) is 4.79 Å². The predicted molar refractivity (Wildman–Crippen MR) is 103 cm³/mol. The first-order valence-corrected chi connectivity index (χ1v) is 9.63. The van der Waals surface area contributed by atoms with Gasteiger partial charge in [0.05, 0.1) is 0 Å². The summed E-state index contributed by atoms with van der Waals surface area (Å²) < 4.78 is 5.63.